The summed E-state index contributed by atoms with van der Waals surface area (Å²) in [5, 5.41) is 14.0. The summed E-state index contributed by atoms with van der Waals surface area (Å²) in [6.07, 6.45) is 1.39. The van der Waals surface area contributed by atoms with Crippen LogP contribution in [0.5, 0.6) is 5.75 Å². The van der Waals surface area contributed by atoms with E-state index in [1.807, 2.05) is 42.7 Å². The van der Waals surface area contributed by atoms with Crippen LogP contribution in [-0.2, 0) is 16.1 Å². The van der Waals surface area contributed by atoms with Crippen molar-refractivity contribution in [3.63, 3.8) is 0 Å². The summed E-state index contributed by atoms with van der Waals surface area (Å²) >= 11 is 2.51. The normalized spacial score (nSPS) is 11.6. The Balaban J connectivity index is 1.66. The van der Waals surface area contributed by atoms with Gasteiger partial charge in [-0.25, -0.2) is 4.79 Å². The molecule has 8 nitrogen and oxygen atoms in total. The van der Waals surface area contributed by atoms with E-state index >= 15 is 0 Å². The van der Waals surface area contributed by atoms with Crippen molar-refractivity contribution in [2.45, 2.75) is 31.7 Å². The van der Waals surface area contributed by atoms with E-state index in [0.29, 0.717) is 28.1 Å². The first-order chi connectivity index (χ1) is 15.4. The number of nitrogens with zero attached hydrogens (tertiary/aromatic N) is 3. The number of benzene rings is 1. The molecule has 0 bridgehead atoms. The van der Waals surface area contributed by atoms with Gasteiger partial charge >= 0.3 is 5.97 Å². The molecule has 0 aliphatic carbocycles. The average Bonchev–Trinajstić information content (AvgIpc) is 3.40. The summed E-state index contributed by atoms with van der Waals surface area (Å²) < 4.78 is 12.6. The summed E-state index contributed by atoms with van der Waals surface area (Å²) in [6.45, 7) is 8.19. The fourth-order valence-electron chi connectivity index (χ4n) is 2.85. The zero-order valence-corrected chi connectivity index (χ0v) is 19.7. The number of thiophene rings is 1. The molecule has 32 heavy (non-hydrogen) atoms. The van der Waals surface area contributed by atoms with Gasteiger partial charge in [-0.3, -0.25) is 9.36 Å². The van der Waals surface area contributed by atoms with Crippen LogP contribution in [0.25, 0.3) is 0 Å². The van der Waals surface area contributed by atoms with E-state index in [0.717, 1.165) is 11.3 Å². The van der Waals surface area contributed by atoms with Crippen molar-refractivity contribution >= 4 is 40.0 Å². The van der Waals surface area contributed by atoms with Crippen molar-refractivity contribution in [1.29, 1.82) is 0 Å². The first-order valence-corrected chi connectivity index (χ1v) is 11.6. The molecular formula is C22H24N4O4S2. The number of rotatable bonds is 10. The molecule has 2 heterocycles. The topological polar surface area (TPSA) is 95.3 Å². The van der Waals surface area contributed by atoms with Crippen molar-refractivity contribution in [3.05, 3.63) is 65.3 Å². The molecule has 0 aliphatic heterocycles. The van der Waals surface area contributed by atoms with E-state index in [-0.39, 0.29) is 17.8 Å². The third-order valence-corrected chi connectivity index (χ3v) is 6.21. The van der Waals surface area contributed by atoms with Crippen LogP contribution in [0.2, 0.25) is 0 Å². The number of aryl methyl sites for hydroxylation is 1. The highest BCUT2D eigenvalue weighted by atomic mass is 32.2. The summed E-state index contributed by atoms with van der Waals surface area (Å²) in [5.41, 5.74) is 1.48. The maximum Gasteiger partial charge on any atom is 0.340 e. The Morgan fingerprint density at radius 1 is 1.28 bits per heavy atom. The van der Waals surface area contributed by atoms with Crippen LogP contribution < -0.4 is 10.1 Å². The maximum atomic E-state index is 12.4. The summed E-state index contributed by atoms with van der Waals surface area (Å²) in [4.78, 5) is 24.2. The highest BCUT2D eigenvalue weighted by Gasteiger charge is 2.21. The minimum atomic E-state index is -0.493. The molecule has 10 heteroatoms. The molecule has 2 aromatic heterocycles. The molecule has 1 atom stereocenters. The first-order valence-electron chi connectivity index (χ1n) is 9.78. The van der Waals surface area contributed by atoms with Crippen molar-refractivity contribution < 1.29 is 19.1 Å². The summed E-state index contributed by atoms with van der Waals surface area (Å²) in [5.74, 6) is 0.719. The van der Waals surface area contributed by atoms with Gasteiger partial charge in [0.05, 0.1) is 18.4 Å². The van der Waals surface area contributed by atoms with Crippen LogP contribution in [0.1, 0.15) is 34.8 Å². The third-order valence-electron chi connectivity index (χ3n) is 4.41. The molecular weight excluding hydrogens is 448 g/mol. The molecule has 0 saturated carbocycles. The van der Waals surface area contributed by atoms with Gasteiger partial charge in [-0.2, -0.15) is 0 Å². The number of carbonyl (C=O) groups is 2. The van der Waals surface area contributed by atoms with Crippen LogP contribution >= 0.6 is 23.1 Å². The Kier molecular flexibility index (Phi) is 8.07. The molecule has 1 aromatic carbocycles. The molecule has 1 amide bonds. The Morgan fingerprint density at radius 3 is 2.72 bits per heavy atom. The first kappa shape index (κ1) is 23.6. The van der Waals surface area contributed by atoms with Crippen molar-refractivity contribution in [3.8, 4) is 5.75 Å². The predicted octanol–water partition coefficient (Wildman–Crippen LogP) is 4.49. The summed E-state index contributed by atoms with van der Waals surface area (Å²) in [6, 6.07) is 9.40. The smallest absolute Gasteiger partial charge is 0.340 e. The van der Waals surface area contributed by atoms with E-state index in [2.05, 4.69) is 22.1 Å². The molecule has 0 aliphatic rings. The van der Waals surface area contributed by atoms with Crippen LogP contribution in [0.4, 0.5) is 5.00 Å². The van der Waals surface area contributed by atoms with Gasteiger partial charge in [-0.1, -0.05) is 35.5 Å². The van der Waals surface area contributed by atoms with E-state index in [1.54, 1.807) is 17.5 Å². The van der Waals surface area contributed by atoms with Gasteiger partial charge in [0.15, 0.2) is 17.1 Å². The summed E-state index contributed by atoms with van der Waals surface area (Å²) in [7, 11) is 1.30. The highest BCUT2D eigenvalue weighted by Crippen LogP contribution is 2.27. The number of allylic oxidation sites excluding steroid dienone is 1. The van der Waals surface area contributed by atoms with E-state index in [9.17, 15) is 9.59 Å². The number of amides is 1. The quantitative estimate of drug-likeness (QED) is 0.264. The zero-order chi connectivity index (χ0) is 23.1. The van der Waals surface area contributed by atoms with E-state index in [4.69, 9.17) is 9.47 Å². The van der Waals surface area contributed by atoms with Gasteiger partial charge < -0.3 is 14.8 Å². The van der Waals surface area contributed by atoms with Crippen LogP contribution in [0, 0.1) is 6.92 Å². The average molecular weight is 473 g/mol. The fourth-order valence-corrected chi connectivity index (χ4v) is 4.40. The lowest BCUT2D eigenvalue weighted by Gasteiger charge is -2.16. The lowest BCUT2D eigenvalue weighted by molar-refractivity contribution is -0.113. The molecule has 1 N–H and O–H groups in total. The third kappa shape index (κ3) is 5.77. The number of esters is 1. The molecule has 3 rings (SSSR count). The lowest BCUT2D eigenvalue weighted by atomic mass is 10.2. The van der Waals surface area contributed by atoms with E-state index < -0.39 is 5.97 Å². The number of hydrogen-bond acceptors (Lipinski definition) is 8. The van der Waals surface area contributed by atoms with Crippen molar-refractivity contribution in [1.82, 2.24) is 14.8 Å². The maximum absolute atomic E-state index is 12.4. The molecule has 1 unspecified atom stereocenters. The minimum Gasteiger partial charge on any atom is -0.483 e. The van der Waals surface area contributed by atoms with Gasteiger partial charge in [-0.05, 0) is 37.4 Å². The van der Waals surface area contributed by atoms with E-state index in [1.165, 1.54) is 30.2 Å². The van der Waals surface area contributed by atoms with Gasteiger partial charge in [0.1, 0.15) is 10.8 Å². The minimum absolute atomic E-state index is 0.0982. The standard InChI is InChI=1S/C22H24N4O4S2/c1-5-11-26-19(15(3)30-16-8-6-14(2)7-9-16)24-25-22(26)32-13-18(27)23-20-17(10-12-31-20)21(28)29-4/h5-10,12,15H,1,11,13H2,2-4H3,(H,23,27). The molecule has 3 aromatic rings. The molecule has 168 valence electrons. The number of nitrogens with one attached hydrogen (secondary N) is 1. The predicted molar refractivity (Wildman–Crippen MR) is 125 cm³/mol. The number of carbonyl (C=O) groups excluding carboxylic acids is 2. The second-order valence-electron chi connectivity index (χ2n) is 6.81. The number of methoxy groups -OCH3 is 1. The molecule has 0 fully saturated rings. The van der Waals surface area contributed by atoms with Gasteiger partial charge in [-0.15, -0.1) is 28.1 Å². The zero-order valence-electron chi connectivity index (χ0n) is 18.0. The molecule has 0 spiro atoms. The number of hydrogen-bond donors (Lipinski definition) is 1. The monoisotopic (exact) mass is 472 g/mol. The highest BCUT2D eigenvalue weighted by molar-refractivity contribution is 7.99. The lowest BCUT2D eigenvalue weighted by Crippen LogP contribution is -2.16. The largest absolute Gasteiger partial charge is 0.483 e. The fraction of sp³-hybridized carbons (Fsp3) is 0.273. The number of aromatic nitrogens is 3. The van der Waals surface area contributed by atoms with Crippen LogP contribution in [0.3, 0.4) is 0 Å². The van der Waals surface area contributed by atoms with Crippen molar-refractivity contribution in [2.24, 2.45) is 0 Å². The molecule has 0 radical (unpaired) electrons. The number of thioether (sulfide) groups is 1. The van der Waals surface area contributed by atoms with Gasteiger partial charge in [0.25, 0.3) is 0 Å². The second-order valence-corrected chi connectivity index (χ2v) is 8.66. The Bertz CT molecular complexity index is 1090. The Hall–Kier alpha value is -3.11. The van der Waals surface area contributed by atoms with Crippen LogP contribution in [0.15, 0.2) is 53.5 Å². The number of anilines is 1. The molecule has 0 saturated heterocycles. The Labute approximate surface area is 194 Å². The Morgan fingerprint density at radius 2 is 2.03 bits per heavy atom. The second kappa shape index (κ2) is 11.0. The number of ether oxygens (including phenoxy) is 2. The van der Waals surface area contributed by atoms with Gasteiger partial charge in [0, 0.05) is 6.54 Å². The van der Waals surface area contributed by atoms with Crippen LogP contribution in [-0.4, -0.2) is 39.5 Å². The SMILES string of the molecule is C=CCn1c(SCC(=O)Nc2sccc2C(=O)OC)nnc1C(C)Oc1ccc(C)cc1. The van der Waals surface area contributed by atoms with Gasteiger partial charge in [0.2, 0.25) is 5.91 Å². The van der Waals surface area contributed by atoms with Crippen molar-refractivity contribution in [2.75, 3.05) is 18.2 Å².